The van der Waals surface area contributed by atoms with Crippen molar-refractivity contribution < 1.29 is 9.18 Å². The molecule has 1 atom stereocenters. The Hall–Kier alpha value is -2.68. The van der Waals surface area contributed by atoms with Gasteiger partial charge in [0.15, 0.2) is 0 Å². The number of benzene rings is 2. The molecule has 2 aliphatic heterocycles. The number of carbonyl (C=O) groups excluding carboxylic acids is 1. The van der Waals surface area contributed by atoms with E-state index in [9.17, 15) is 9.18 Å². The predicted molar refractivity (Wildman–Crippen MR) is 130 cm³/mol. The van der Waals surface area contributed by atoms with E-state index in [0.29, 0.717) is 16.5 Å². The van der Waals surface area contributed by atoms with Gasteiger partial charge in [0.05, 0.1) is 21.6 Å². The molecule has 1 amide bonds. The average Bonchev–Trinajstić information content (AvgIpc) is 2.75. The fourth-order valence-corrected chi connectivity index (χ4v) is 5.68. The van der Waals surface area contributed by atoms with Crippen LogP contribution in [-0.4, -0.2) is 27.8 Å². The van der Waals surface area contributed by atoms with Crippen molar-refractivity contribution in [2.45, 2.75) is 43.1 Å². The van der Waals surface area contributed by atoms with Gasteiger partial charge in [-0.1, -0.05) is 49.3 Å². The van der Waals surface area contributed by atoms with E-state index < -0.39 is 5.82 Å². The van der Waals surface area contributed by atoms with Crippen molar-refractivity contribution in [2.75, 3.05) is 16.8 Å². The Balaban J connectivity index is 1.43. The largest absolute Gasteiger partial charge is 0.324 e. The molecule has 2 aliphatic rings. The van der Waals surface area contributed by atoms with Crippen LogP contribution >= 0.6 is 23.4 Å². The van der Waals surface area contributed by atoms with Gasteiger partial charge in [-0.2, -0.15) is 0 Å². The van der Waals surface area contributed by atoms with E-state index >= 15 is 0 Å². The van der Waals surface area contributed by atoms with Crippen LogP contribution in [-0.2, 0) is 12.0 Å². The van der Waals surface area contributed by atoms with Crippen LogP contribution in [0.25, 0.3) is 0 Å². The number of carbonyl (C=O) groups is 1. The molecule has 3 aromatic rings. The summed E-state index contributed by atoms with van der Waals surface area (Å²) in [5, 5.41) is 7.06. The van der Waals surface area contributed by atoms with Crippen molar-refractivity contribution in [3.63, 3.8) is 0 Å². The zero-order chi connectivity index (χ0) is 23.3. The molecule has 0 saturated heterocycles. The second-order valence-corrected chi connectivity index (χ2v) is 10.6. The highest BCUT2D eigenvalue weighted by molar-refractivity contribution is 8.00. The lowest BCUT2D eigenvalue weighted by atomic mass is 9.79. The second kappa shape index (κ2) is 8.27. The van der Waals surface area contributed by atoms with E-state index in [1.54, 1.807) is 6.07 Å². The third-order valence-electron chi connectivity index (χ3n) is 6.00. The number of thioether (sulfide) groups is 1. The molecule has 5 rings (SSSR count). The highest BCUT2D eigenvalue weighted by Gasteiger charge is 2.36. The molecule has 0 saturated carbocycles. The zero-order valence-corrected chi connectivity index (χ0v) is 20.0. The van der Waals surface area contributed by atoms with Crippen molar-refractivity contribution in [3.05, 3.63) is 70.1 Å². The Morgan fingerprint density at radius 3 is 2.91 bits per heavy atom. The number of anilines is 3. The molecule has 2 N–H and O–H groups in total. The Labute approximate surface area is 201 Å². The molecule has 0 aliphatic carbocycles. The van der Waals surface area contributed by atoms with Crippen molar-refractivity contribution in [3.8, 4) is 0 Å². The third-order valence-corrected chi connectivity index (χ3v) is 7.39. The quantitative estimate of drug-likeness (QED) is 0.480. The number of hydrogen-bond acceptors (Lipinski definition) is 6. The first-order chi connectivity index (χ1) is 15.7. The molecule has 1 unspecified atom stereocenters. The smallest absolute Gasteiger partial charge is 0.263 e. The molecule has 9 heteroatoms. The lowest BCUT2D eigenvalue weighted by Gasteiger charge is -2.34. The fourth-order valence-electron chi connectivity index (χ4n) is 4.39. The Kier molecular flexibility index (Phi) is 5.55. The molecular weight excluding hydrogens is 461 g/mol. The molecule has 0 fully saturated rings. The first-order valence-corrected chi connectivity index (χ1v) is 11.9. The van der Waals surface area contributed by atoms with Gasteiger partial charge in [-0.3, -0.25) is 9.69 Å². The van der Waals surface area contributed by atoms with Gasteiger partial charge in [0.25, 0.3) is 5.91 Å². The van der Waals surface area contributed by atoms with Crippen LogP contribution in [0.5, 0.6) is 0 Å². The maximum atomic E-state index is 14.5. The zero-order valence-electron chi connectivity index (χ0n) is 18.4. The highest BCUT2D eigenvalue weighted by Crippen LogP contribution is 2.41. The maximum absolute atomic E-state index is 14.5. The summed E-state index contributed by atoms with van der Waals surface area (Å²) in [7, 11) is 0. The minimum absolute atomic E-state index is 0.0719. The number of nitrogens with zero attached hydrogens (tertiary/aromatic N) is 3. The minimum Gasteiger partial charge on any atom is -0.324 e. The Morgan fingerprint density at radius 1 is 1.30 bits per heavy atom. The molecule has 0 bridgehead atoms. The van der Waals surface area contributed by atoms with Gasteiger partial charge in [-0.05, 0) is 42.3 Å². The summed E-state index contributed by atoms with van der Waals surface area (Å²) >= 11 is 7.58. The average molecular weight is 484 g/mol. The van der Waals surface area contributed by atoms with Crippen LogP contribution in [0.2, 0.25) is 5.02 Å². The first kappa shape index (κ1) is 22.1. The summed E-state index contributed by atoms with van der Waals surface area (Å²) in [6, 6.07) is 10.7. The van der Waals surface area contributed by atoms with E-state index in [1.165, 1.54) is 46.1 Å². The van der Waals surface area contributed by atoms with Gasteiger partial charge in [0, 0.05) is 30.4 Å². The summed E-state index contributed by atoms with van der Waals surface area (Å²) < 4.78 is 14.5. The Morgan fingerprint density at radius 2 is 2.12 bits per heavy atom. The van der Waals surface area contributed by atoms with Gasteiger partial charge >= 0.3 is 0 Å². The van der Waals surface area contributed by atoms with Crippen molar-refractivity contribution in [1.82, 2.24) is 15.3 Å². The number of amides is 1. The van der Waals surface area contributed by atoms with Crippen LogP contribution in [0.1, 0.15) is 42.3 Å². The highest BCUT2D eigenvalue weighted by atomic mass is 35.5. The van der Waals surface area contributed by atoms with Crippen LogP contribution in [0.15, 0.2) is 47.6 Å². The van der Waals surface area contributed by atoms with Crippen LogP contribution in [0.3, 0.4) is 0 Å². The SMILES string of the molecule is CC1Sc2nc(Nc3ccc4c(c3)CNCC4(C)C)ncc2C(=O)N1c1c(F)cccc1Cl. The topological polar surface area (TPSA) is 70.1 Å². The second-order valence-electron chi connectivity index (χ2n) is 8.86. The van der Waals surface area contributed by atoms with E-state index in [0.717, 1.165) is 18.8 Å². The van der Waals surface area contributed by atoms with E-state index in [4.69, 9.17) is 11.6 Å². The number of aromatic nitrogens is 2. The van der Waals surface area contributed by atoms with E-state index in [2.05, 4.69) is 46.6 Å². The van der Waals surface area contributed by atoms with Gasteiger partial charge in [0.2, 0.25) is 5.95 Å². The maximum Gasteiger partial charge on any atom is 0.263 e. The third kappa shape index (κ3) is 3.96. The van der Waals surface area contributed by atoms with Gasteiger partial charge < -0.3 is 10.6 Å². The molecule has 2 aromatic carbocycles. The minimum atomic E-state index is -0.545. The summed E-state index contributed by atoms with van der Waals surface area (Å²) in [6.45, 7) is 8.03. The molecule has 3 heterocycles. The molecular formula is C24H23ClFN5OS. The monoisotopic (exact) mass is 483 g/mol. The molecule has 170 valence electrons. The molecule has 6 nitrogen and oxygen atoms in total. The van der Waals surface area contributed by atoms with Gasteiger partial charge in [0.1, 0.15) is 10.8 Å². The predicted octanol–water partition coefficient (Wildman–Crippen LogP) is 5.49. The fraction of sp³-hybridized carbons (Fsp3) is 0.292. The number of fused-ring (bicyclic) bond motifs is 2. The molecule has 0 radical (unpaired) electrons. The van der Waals surface area contributed by atoms with Gasteiger partial charge in [-0.25, -0.2) is 14.4 Å². The van der Waals surface area contributed by atoms with Gasteiger partial charge in [-0.15, -0.1) is 0 Å². The van der Waals surface area contributed by atoms with E-state index in [1.807, 2.05) is 13.0 Å². The molecule has 1 aromatic heterocycles. The number of rotatable bonds is 3. The summed E-state index contributed by atoms with van der Waals surface area (Å²) in [6.07, 6.45) is 1.48. The van der Waals surface area contributed by atoms with Crippen molar-refractivity contribution in [2.24, 2.45) is 0 Å². The van der Waals surface area contributed by atoms with Crippen LogP contribution in [0, 0.1) is 5.82 Å². The van der Waals surface area contributed by atoms with Crippen molar-refractivity contribution in [1.29, 1.82) is 0 Å². The lowest BCUT2D eigenvalue weighted by molar-refractivity contribution is 0.0978. The van der Waals surface area contributed by atoms with Crippen LogP contribution in [0.4, 0.5) is 21.7 Å². The summed E-state index contributed by atoms with van der Waals surface area (Å²) in [4.78, 5) is 23.5. The van der Waals surface area contributed by atoms with Crippen molar-refractivity contribution >= 4 is 46.6 Å². The number of nitrogens with one attached hydrogen (secondary N) is 2. The Bertz CT molecular complexity index is 1250. The number of halogens is 2. The lowest BCUT2D eigenvalue weighted by Crippen LogP contribution is -2.41. The molecule has 0 spiro atoms. The summed E-state index contributed by atoms with van der Waals surface area (Å²) in [5.41, 5.74) is 3.93. The number of para-hydroxylation sites is 1. The van der Waals surface area contributed by atoms with E-state index in [-0.39, 0.29) is 27.4 Å². The molecule has 33 heavy (non-hydrogen) atoms. The summed E-state index contributed by atoms with van der Waals surface area (Å²) in [5.74, 6) is -0.519. The standard InChI is InChI=1S/C24H23ClFN5OS/c1-13-31(20-18(25)5-4-6-19(20)26)22(32)16-11-28-23(30-21(16)33-13)29-15-7-8-17-14(9-15)10-27-12-24(17,2)3/h4-9,11,13,27H,10,12H2,1-3H3,(H,28,29,30). The normalized spacial score (nSPS) is 19.1. The van der Waals surface area contributed by atoms with Crippen LogP contribution < -0.4 is 15.5 Å². The number of hydrogen-bond donors (Lipinski definition) is 2. The first-order valence-electron chi connectivity index (χ1n) is 10.7.